The third kappa shape index (κ3) is 3.42. The van der Waals surface area contributed by atoms with E-state index in [2.05, 4.69) is 50.8 Å². The predicted octanol–water partition coefficient (Wildman–Crippen LogP) is 4.68. The van der Waals surface area contributed by atoms with Gasteiger partial charge in [0.2, 0.25) is 0 Å². The fraction of sp³-hybridized carbons (Fsp3) is 0.364. The molecule has 0 spiro atoms. The van der Waals surface area contributed by atoms with Crippen LogP contribution in [0.1, 0.15) is 52.3 Å². The van der Waals surface area contributed by atoms with E-state index in [-0.39, 0.29) is 11.6 Å². The average Bonchev–Trinajstić information content (AvgIpc) is 2.88. The van der Waals surface area contributed by atoms with E-state index in [4.69, 9.17) is 4.98 Å². The largest absolute Gasteiger partial charge is 0.478 e. The summed E-state index contributed by atoms with van der Waals surface area (Å²) in [6, 6.07) is 8.24. The summed E-state index contributed by atoms with van der Waals surface area (Å²) in [6.07, 6.45) is 1.66. The monoisotopic (exact) mass is 365 g/mol. The van der Waals surface area contributed by atoms with Crippen LogP contribution in [0.25, 0.3) is 5.65 Å². The molecule has 0 aliphatic heterocycles. The van der Waals surface area contributed by atoms with Crippen molar-refractivity contribution >= 4 is 17.3 Å². The standard InChI is InChI=1S/C22H27N3O2/c1-13(2)24(12-19-14(3)8-7-9-15(19)4)20-10-18(22(26)27)11-25-17(6)16(5)23-21(20)25/h7-11,13H,12H2,1-6H3,(H,26,27). The van der Waals surface area contributed by atoms with Crippen LogP contribution in [-0.2, 0) is 6.54 Å². The Labute approximate surface area is 160 Å². The topological polar surface area (TPSA) is 57.8 Å². The smallest absolute Gasteiger partial charge is 0.337 e. The molecule has 0 saturated carbocycles. The van der Waals surface area contributed by atoms with Gasteiger partial charge in [-0.05, 0) is 64.3 Å². The highest BCUT2D eigenvalue weighted by Gasteiger charge is 2.21. The number of carbonyl (C=O) groups is 1. The van der Waals surface area contributed by atoms with Gasteiger partial charge in [0.15, 0.2) is 5.65 Å². The van der Waals surface area contributed by atoms with Gasteiger partial charge in [0, 0.05) is 24.5 Å². The predicted molar refractivity (Wildman–Crippen MR) is 109 cm³/mol. The number of rotatable bonds is 5. The Morgan fingerprint density at radius 2 is 1.81 bits per heavy atom. The first-order valence-corrected chi connectivity index (χ1v) is 9.25. The molecule has 0 aliphatic rings. The van der Waals surface area contributed by atoms with E-state index in [1.807, 2.05) is 18.2 Å². The van der Waals surface area contributed by atoms with Crippen molar-refractivity contribution in [3.05, 3.63) is 64.1 Å². The highest BCUT2D eigenvalue weighted by Crippen LogP contribution is 2.29. The van der Waals surface area contributed by atoms with Crippen LogP contribution in [0.3, 0.4) is 0 Å². The molecule has 5 heteroatoms. The molecule has 3 rings (SSSR count). The van der Waals surface area contributed by atoms with Crippen LogP contribution in [0.5, 0.6) is 0 Å². The first kappa shape index (κ1) is 19.0. The van der Waals surface area contributed by atoms with Crippen LogP contribution >= 0.6 is 0 Å². The van der Waals surface area contributed by atoms with E-state index in [9.17, 15) is 9.90 Å². The maximum absolute atomic E-state index is 11.7. The normalized spacial score (nSPS) is 11.4. The SMILES string of the molecule is Cc1cccc(C)c1CN(c1cc(C(=O)O)cn2c(C)c(C)nc12)C(C)C. The summed E-state index contributed by atoms with van der Waals surface area (Å²) < 4.78 is 1.90. The number of hydrogen-bond donors (Lipinski definition) is 1. The van der Waals surface area contributed by atoms with Gasteiger partial charge >= 0.3 is 5.97 Å². The Hall–Kier alpha value is -2.82. The van der Waals surface area contributed by atoms with Crippen LogP contribution in [0, 0.1) is 27.7 Å². The highest BCUT2D eigenvalue weighted by atomic mass is 16.4. The molecule has 0 saturated heterocycles. The van der Waals surface area contributed by atoms with Crippen molar-refractivity contribution in [2.45, 2.75) is 54.1 Å². The van der Waals surface area contributed by atoms with E-state index < -0.39 is 5.97 Å². The van der Waals surface area contributed by atoms with Gasteiger partial charge in [-0.15, -0.1) is 0 Å². The zero-order chi connectivity index (χ0) is 19.9. The minimum absolute atomic E-state index is 0.189. The second kappa shape index (κ2) is 7.06. The summed E-state index contributed by atoms with van der Waals surface area (Å²) in [5.74, 6) is -0.931. The molecule has 27 heavy (non-hydrogen) atoms. The molecule has 142 valence electrons. The Morgan fingerprint density at radius 3 is 2.37 bits per heavy atom. The van der Waals surface area contributed by atoms with Gasteiger partial charge in [0.05, 0.1) is 16.9 Å². The number of aryl methyl sites for hydroxylation is 4. The van der Waals surface area contributed by atoms with Gasteiger partial charge in [0.25, 0.3) is 0 Å². The van der Waals surface area contributed by atoms with E-state index in [1.54, 1.807) is 12.3 Å². The van der Waals surface area contributed by atoms with Gasteiger partial charge in [-0.25, -0.2) is 9.78 Å². The fourth-order valence-electron chi connectivity index (χ4n) is 3.50. The quantitative estimate of drug-likeness (QED) is 0.713. The third-order valence-corrected chi connectivity index (χ3v) is 5.33. The van der Waals surface area contributed by atoms with E-state index in [0.717, 1.165) is 22.7 Å². The number of benzene rings is 1. The van der Waals surface area contributed by atoms with Crippen LogP contribution in [0.15, 0.2) is 30.5 Å². The van der Waals surface area contributed by atoms with Crippen molar-refractivity contribution in [1.82, 2.24) is 9.38 Å². The number of hydrogen-bond acceptors (Lipinski definition) is 3. The van der Waals surface area contributed by atoms with Crippen LogP contribution in [0.4, 0.5) is 5.69 Å². The third-order valence-electron chi connectivity index (χ3n) is 5.33. The number of imidazole rings is 1. The van der Waals surface area contributed by atoms with Crippen molar-refractivity contribution in [2.24, 2.45) is 0 Å². The first-order valence-electron chi connectivity index (χ1n) is 9.25. The highest BCUT2D eigenvalue weighted by molar-refractivity contribution is 5.90. The molecule has 3 aromatic rings. The summed E-state index contributed by atoms with van der Waals surface area (Å²) >= 11 is 0. The molecule has 0 fully saturated rings. The molecule has 1 aromatic carbocycles. The maximum Gasteiger partial charge on any atom is 0.337 e. The first-order chi connectivity index (χ1) is 12.7. The molecule has 5 nitrogen and oxygen atoms in total. The van der Waals surface area contributed by atoms with Crippen molar-refractivity contribution in [2.75, 3.05) is 4.90 Å². The number of pyridine rings is 1. The minimum atomic E-state index is -0.931. The van der Waals surface area contributed by atoms with Crippen molar-refractivity contribution in [1.29, 1.82) is 0 Å². The lowest BCUT2D eigenvalue weighted by Gasteiger charge is -2.31. The average molecular weight is 365 g/mol. The maximum atomic E-state index is 11.7. The van der Waals surface area contributed by atoms with Crippen molar-refractivity contribution in [3.63, 3.8) is 0 Å². The minimum Gasteiger partial charge on any atom is -0.478 e. The van der Waals surface area contributed by atoms with Crippen LogP contribution < -0.4 is 4.90 Å². The number of carboxylic acids is 1. The zero-order valence-corrected chi connectivity index (χ0v) is 16.9. The van der Waals surface area contributed by atoms with E-state index in [0.29, 0.717) is 6.54 Å². The summed E-state index contributed by atoms with van der Waals surface area (Å²) in [5.41, 5.74) is 7.54. The molecule has 0 unspecified atom stereocenters. The van der Waals surface area contributed by atoms with Gasteiger partial charge in [-0.3, -0.25) is 0 Å². The number of fused-ring (bicyclic) bond motifs is 1. The lowest BCUT2D eigenvalue weighted by Crippen LogP contribution is -2.31. The van der Waals surface area contributed by atoms with Crippen molar-refractivity contribution < 1.29 is 9.90 Å². The molecule has 2 heterocycles. The second-order valence-corrected chi connectivity index (χ2v) is 7.49. The molecule has 2 aromatic heterocycles. The fourth-order valence-corrected chi connectivity index (χ4v) is 3.50. The molecule has 0 radical (unpaired) electrons. The number of aromatic carboxylic acids is 1. The van der Waals surface area contributed by atoms with Gasteiger partial charge < -0.3 is 14.4 Å². The molecule has 0 amide bonds. The summed E-state index contributed by atoms with van der Waals surface area (Å²) in [4.78, 5) is 18.7. The number of anilines is 1. The number of aromatic nitrogens is 2. The molecular weight excluding hydrogens is 338 g/mol. The number of carboxylic acid groups (broad SMARTS) is 1. The molecule has 0 atom stereocenters. The van der Waals surface area contributed by atoms with Crippen LogP contribution in [0.2, 0.25) is 0 Å². The molecule has 0 aliphatic carbocycles. The Balaban J connectivity index is 2.22. The van der Waals surface area contributed by atoms with Gasteiger partial charge in [-0.2, -0.15) is 0 Å². The Kier molecular flexibility index (Phi) is 4.96. The Bertz CT molecular complexity index is 998. The Morgan fingerprint density at radius 1 is 1.19 bits per heavy atom. The van der Waals surface area contributed by atoms with Crippen molar-refractivity contribution in [3.8, 4) is 0 Å². The second-order valence-electron chi connectivity index (χ2n) is 7.49. The van der Waals surface area contributed by atoms with E-state index in [1.165, 1.54) is 16.7 Å². The molecular formula is C22H27N3O2. The van der Waals surface area contributed by atoms with Crippen LogP contribution in [-0.4, -0.2) is 26.5 Å². The lowest BCUT2D eigenvalue weighted by molar-refractivity contribution is 0.0696. The summed E-state index contributed by atoms with van der Waals surface area (Å²) in [5, 5.41) is 9.61. The van der Waals surface area contributed by atoms with E-state index >= 15 is 0 Å². The number of nitrogens with zero attached hydrogens (tertiary/aromatic N) is 3. The summed E-state index contributed by atoms with van der Waals surface area (Å²) in [6.45, 7) is 13.1. The molecule has 1 N–H and O–H groups in total. The lowest BCUT2D eigenvalue weighted by atomic mass is 10.0. The zero-order valence-electron chi connectivity index (χ0n) is 16.9. The molecule has 0 bridgehead atoms. The van der Waals surface area contributed by atoms with Gasteiger partial charge in [-0.1, -0.05) is 18.2 Å². The summed E-state index contributed by atoms with van der Waals surface area (Å²) in [7, 11) is 0. The van der Waals surface area contributed by atoms with Gasteiger partial charge in [0.1, 0.15) is 0 Å².